The number of carbonyl (C=O) groups excluding carboxylic acids is 2. The van der Waals surface area contributed by atoms with E-state index in [1.54, 1.807) is 13.8 Å². The largest absolute Gasteiger partial charge is 0.504 e. The molecule has 0 bridgehead atoms. The number of carboxylic acid groups (broad SMARTS) is 1. The molecule has 4 atom stereocenters. The van der Waals surface area contributed by atoms with Crippen molar-refractivity contribution in [2.45, 2.75) is 59.8 Å². The SMILES string of the molecule is CC(C)C1=C(O)C(=O)C2C(CCC3C(C)(C)CCC[C@]23C(=O)O)C1=O. The Balaban J connectivity index is 2.19. The molecule has 138 valence electrons. The van der Waals surface area contributed by atoms with Crippen molar-refractivity contribution in [3.8, 4) is 0 Å². The monoisotopic (exact) mass is 348 g/mol. The zero-order valence-corrected chi connectivity index (χ0v) is 15.5. The summed E-state index contributed by atoms with van der Waals surface area (Å²) in [4.78, 5) is 38.5. The first kappa shape index (κ1) is 18.2. The molecule has 2 N–H and O–H groups in total. The maximum absolute atomic E-state index is 13.1. The number of rotatable bonds is 2. The number of carbonyl (C=O) groups is 3. The third kappa shape index (κ3) is 2.31. The molecule has 5 heteroatoms. The molecule has 2 saturated carbocycles. The molecule has 5 nitrogen and oxygen atoms in total. The van der Waals surface area contributed by atoms with Crippen LogP contribution in [0.3, 0.4) is 0 Å². The number of ketones is 2. The van der Waals surface area contributed by atoms with Gasteiger partial charge in [0.25, 0.3) is 0 Å². The fraction of sp³-hybridized carbons (Fsp3) is 0.750. The zero-order chi connectivity index (χ0) is 18.7. The second kappa shape index (κ2) is 5.68. The van der Waals surface area contributed by atoms with Gasteiger partial charge in [0, 0.05) is 11.5 Å². The lowest BCUT2D eigenvalue weighted by Crippen LogP contribution is -2.62. The molecule has 2 fully saturated rings. The van der Waals surface area contributed by atoms with Crippen LogP contribution in [0.2, 0.25) is 0 Å². The Bertz CT molecular complexity index is 672. The van der Waals surface area contributed by atoms with Gasteiger partial charge in [0.05, 0.1) is 11.3 Å². The number of aliphatic hydroxyl groups excluding tert-OH is 1. The van der Waals surface area contributed by atoms with Gasteiger partial charge < -0.3 is 10.2 Å². The molecule has 0 spiro atoms. The van der Waals surface area contributed by atoms with Crippen LogP contribution in [0.1, 0.15) is 59.8 Å². The Morgan fingerprint density at radius 3 is 2.32 bits per heavy atom. The van der Waals surface area contributed by atoms with Crippen LogP contribution >= 0.6 is 0 Å². The van der Waals surface area contributed by atoms with Crippen molar-refractivity contribution in [3.05, 3.63) is 11.3 Å². The first-order valence-corrected chi connectivity index (χ1v) is 9.30. The number of allylic oxidation sites excluding steroid dienone is 2. The van der Waals surface area contributed by atoms with Crippen molar-refractivity contribution in [1.82, 2.24) is 0 Å². The van der Waals surface area contributed by atoms with Crippen molar-refractivity contribution in [2.24, 2.45) is 34.5 Å². The highest BCUT2D eigenvalue weighted by molar-refractivity contribution is 6.14. The van der Waals surface area contributed by atoms with Crippen molar-refractivity contribution in [1.29, 1.82) is 0 Å². The van der Waals surface area contributed by atoms with Gasteiger partial charge in [0.1, 0.15) is 0 Å². The molecule has 3 aliphatic rings. The molecular weight excluding hydrogens is 320 g/mol. The standard InChI is InChI=1S/C20H28O5/c1-10(2)13-15(21)11-6-7-12-19(3,4)8-5-9-20(12,18(24)25)14(11)17(23)16(13)22/h10-12,14,22H,5-9H2,1-4H3,(H,24,25)/t11?,12?,14?,20-/m1/s1. The van der Waals surface area contributed by atoms with Gasteiger partial charge in [0.15, 0.2) is 11.5 Å². The Morgan fingerprint density at radius 2 is 1.76 bits per heavy atom. The lowest BCUT2D eigenvalue weighted by molar-refractivity contribution is -0.184. The van der Waals surface area contributed by atoms with Crippen molar-refractivity contribution < 1.29 is 24.6 Å². The zero-order valence-electron chi connectivity index (χ0n) is 15.5. The van der Waals surface area contributed by atoms with E-state index in [9.17, 15) is 24.6 Å². The summed E-state index contributed by atoms with van der Waals surface area (Å²) in [5.74, 6) is -4.18. The molecule has 0 aromatic heterocycles. The second-order valence-electron chi connectivity index (χ2n) is 9.05. The smallest absolute Gasteiger partial charge is 0.310 e. The summed E-state index contributed by atoms with van der Waals surface area (Å²) < 4.78 is 0. The summed E-state index contributed by atoms with van der Waals surface area (Å²) in [7, 11) is 0. The Morgan fingerprint density at radius 1 is 1.12 bits per heavy atom. The number of aliphatic carboxylic acids is 1. The normalized spacial score (nSPS) is 37.7. The number of Topliss-reactive ketones (excluding diaryl/α,β-unsaturated/α-hetero) is 2. The fourth-order valence-electron chi connectivity index (χ4n) is 6.02. The molecule has 0 aliphatic heterocycles. The molecule has 0 amide bonds. The van der Waals surface area contributed by atoms with Crippen LogP contribution in [0.25, 0.3) is 0 Å². The van der Waals surface area contributed by atoms with Gasteiger partial charge in [-0.15, -0.1) is 0 Å². The van der Waals surface area contributed by atoms with Crippen LogP contribution in [0.15, 0.2) is 11.3 Å². The van der Waals surface area contributed by atoms with E-state index in [4.69, 9.17) is 0 Å². The molecule has 0 aromatic rings. The molecule has 0 aromatic carbocycles. The Hall–Kier alpha value is -1.65. The summed E-state index contributed by atoms with van der Waals surface area (Å²) in [6.45, 7) is 7.69. The van der Waals surface area contributed by atoms with Gasteiger partial charge in [-0.1, -0.05) is 34.1 Å². The van der Waals surface area contributed by atoms with Gasteiger partial charge in [-0.3, -0.25) is 14.4 Å². The maximum Gasteiger partial charge on any atom is 0.310 e. The van der Waals surface area contributed by atoms with Crippen LogP contribution < -0.4 is 0 Å². The van der Waals surface area contributed by atoms with E-state index in [0.29, 0.717) is 19.3 Å². The van der Waals surface area contributed by atoms with E-state index >= 15 is 0 Å². The third-order valence-corrected chi connectivity index (χ3v) is 7.05. The number of hydrogen-bond acceptors (Lipinski definition) is 4. The van der Waals surface area contributed by atoms with Crippen LogP contribution in [-0.2, 0) is 14.4 Å². The van der Waals surface area contributed by atoms with Crippen LogP contribution in [0, 0.1) is 34.5 Å². The molecule has 0 saturated heterocycles. The minimum absolute atomic E-state index is 0.155. The van der Waals surface area contributed by atoms with Crippen molar-refractivity contribution >= 4 is 17.5 Å². The number of hydrogen-bond donors (Lipinski definition) is 2. The third-order valence-electron chi connectivity index (χ3n) is 7.05. The quantitative estimate of drug-likeness (QED) is 0.796. The highest BCUT2D eigenvalue weighted by Gasteiger charge is 2.66. The predicted molar refractivity (Wildman–Crippen MR) is 91.9 cm³/mol. The molecule has 3 aliphatic carbocycles. The second-order valence-corrected chi connectivity index (χ2v) is 9.05. The van der Waals surface area contributed by atoms with Crippen molar-refractivity contribution in [3.63, 3.8) is 0 Å². The summed E-state index contributed by atoms with van der Waals surface area (Å²) in [6, 6.07) is 0. The fourth-order valence-corrected chi connectivity index (χ4v) is 6.02. The first-order valence-electron chi connectivity index (χ1n) is 9.30. The molecule has 0 heterocycles. The minimum atomic E-state index is -1.24. The van der Waals surface area contributed by atoms with Gasteiger partial charge in [0.2, 0.25) is 5.78 Å². The van der Waals surface area contributed by atoms with E-state index in [2.05, 4.69) is 13.8 Å². The number of fused-ring (bicyclic) bond motifs is 3. The van der Waals surface area contributed by atoms with E-state index in [-0.39, 0.29) is 28.6 Å². The maximum atomic E-state index is 13.1. The van der Waals surface area contributed by atoms with Crippen molar-refractivity contribution in [2.75, 3.05) is 0 Å². The lowest BCUT2D eigenvalue weighted by atomic mass is 9.43. The minimum Gasteiger partial charge on any atom is -0.504 e. The Kier molecular flexibility index (Phi) is 4.12. The molecule has 0 radical (unpaired) electrons. The summed E-state index contributed by atoms with van der Waals surface area (Å²) in [5, 5.41) is 20.6. The van der Waals surface area contributed by atoms with E-state index in [0.717, 1.165) is 12.8 Å². The Labute approximate surface area is 148 Å². The predicted octanol–water partition coefficient (Wildman–Crippen LogP) is 3.53. The van der Waals surface area contributed by atoms with E-state index in [1.165, 1.54) is 0 Å². The van der Waals surface area contributed by atoms with Crippen LogP contribution in [0.4, 0.5) is 0 Å². The van der Waals surface area contributed by atoms with Gasteiger partial charge >= 0.3 is 5.97 Å². The lowest BCUT2D eigenvalue weighted by Gasteiger charge is -2.58. The highest BCUT2D eigenvalue weighted by Crippen LogP contribution is 2.63. The summed E-state index contributed by atoms with van der Waals surface area (Å²) in [6.07, 6.45) is 3.22. The average molecular weight is 348 g/mol. The molecule has 25 heavy (non-hydrogen) atoms. The number of aliphatic hydroxyl groups is 1. The molecular formula is C20H28O5. The first-order chi connectivity index (χ1) is 11.6. The molecule has 3 unspecified atom stereocenters. The topological polar surface area (TPSA) is 91.7 Å². The molecule has 3 rings (SSSR count). The van der Waals surface area contributed by atoms with Gasteiger partial charge in [-0.25, -0.2) is 0 Å². The van der Waals surface area contributed by atoms with E-state index in [1.807, 2.05) is 0 Å². The summed E-state index contributed by atoms with van der Waals surface area (Å²) >= 11 is 0. The average Bonchev–Trinajstić information content (AvgIpc) is 2.51. The van der Waals surface area contributed by atoms with Gasteiger partial charge in [-0.05, 0) is 42.9 Å². The van der Waals surface area contributed by atoms with E-state index < -0.39 is 34.8 Å². The van der Waals surface area contributed by atoms with Crippen LogP contribution in [0.5, 0.6) is 0 Å². The summed E-state index contributed by atoms with van der Waals surface area (Å²) in [5.41, 5.74) is -1.25. The van der Waals surface area contributed by atoms with Gasteiger partial charge in [-0.2, -0.15) is 0 Å². The van der Waals surface area contributed by atoms with Crippen LogP contribution in [-0.4, -0.2) is 27.7 Å². The number of carboxylic acids is 1. The highest BCUT2D eigenvalue weighted by atomic mass is 16.4.